The summed E-state index contributed by atoms with van der Waals surface area (Å²) in [6.07, 6.45) is 0. The molecule has 0 aliphatic heterocycles. The number of hydrogen-bond acceptors (Lipinski definition) is 4. The van der Waals surface area contributed by atoms with Crippen LogP contribution in [0.2, 0.25) is 5.02 Å². The van der Waals surface area contributed by atoms with E-state index < -0.39 is 0 Å². The molecule has 1 N–H and O–H groups in total. The fourth-order valence-corrected chi connectivity index (χ4v) is 3.38. The molecule has 0 aliphatic rings. The lowest BCUT2D eigenvalue weighted by molar-refractivity contribution is 0.821. The summed E-state index contributed by atoms with van der Waals surface area (Å²) in [6.45, 7) is 6.36. The average molecular weight is 322 g/mol. The van der Waals surface area contributed by atoms with E-state index in [0.717, 1.165) is 27.3 Å². The third-order valence-electron chi connectivity index (χ3n) is 3.19. The van der Waals surface area contributed by atoms with E-state index in [-0.39, 0.29) is 0 Å². The number of aromatic nitrogens is 2. The lowest BCUT2D eigenvalue weighted by Gasteiger charge is -2.15. The molecule has 0 fully saturated rings. The second kappa shape index (κ2) is 7.14. The third kappa shape index (κ3) is 3.89. The Bertz CT molecular complexity index is 629. The van der Waals surface area contributed by atoms with Gasteiger partial charge in [0.25, 0.3) is 0 Å². The molecule has 0 bridgehead atoms. The van der Waals surface area contributed by atoms with Crippen molar-refractivity contribution < 1.29 is 0 Å². The standard InChI is InChI=1S/C16H20ClN3S/c1-10(2)15-11(3)19-14(20-16(15)18-4)9-21-13-8-6-5-7-12(13)17/h5-8,10H,9H2,1-4H3,(H,18,19,20). The zero-order valence-electron chi connectivity index (χ0n) is 12.8. The maximum absolute atomic E-state index is 6.17. The summed E-state index contributed by atoms with van der Waals surface area (Å²) < 4.78 is 0. The molecule has 0 aliphatic carbocycles. The molecule has 1 heterocycles. The van der Waals surface area contributed by atoms with Crippen LogP contribution in [0.15, 0.2) is 29.2 Å². The number of halogens is 1. The van der Waals surface area contributed by atoms with Gasteiger partial charge in [0.15, 0.2) is 0 Å². The van der Waals surface area contributed by atoms with Crippen LogP contribution in [-0.4, -0.2) is 17.0 Å². The lowest BCUT2D eigenvalue weighted by Crippen LogP contribution is -2.08. The topological polar surface area (TPSA) is 37.8 Å². The minimum Gasteiger partial charge on any atom is -0.373 e. The minimum atomic E-state index is 0.401. The highest BCUT2D eigenvalue weighted by molar-refractivity contribution is 7.98. The Kier molecular flexibility index (Phi) is 5.48. The lowest BCUT2D eigenvalue weighted by atomic mass is 10.0. The van der Waals surface area contributed by atoms with Gasteiger partial charge in [-0.2, -0.15) is 0 Å². The number of hydrogen-bond donors (Lipinski definition) is 1. The van der Waals surface area contributed by atoms with Crippen LogP contribution in [0.3, 0.4) is 0 Å². The summed E-state index contributed by atoms with van der Waals surface area (Å²) >= 11 is 7.83. The first-order valence-corrected chi connectivity index (χ1v) is 8.31. The van der Waals surface area contributed by atoms with E-state index in [9.17, 15) is 0 Å². The van der Waals surface area contributed by atoms with E-state index >= 15 is 0 Å². The van der Waals surface area contributed by atoms with Gasteiger partial charge < -0.3 is 5.32 Å². The second-order valence-electron chi connectivity index (χ2n) is 5.11. The maximum Gasteiger partial charge on any atom is 0.141 e. The Morgan fingerprint density at radius 1 is 1.24 bits per heavy atom. The van der Waals surface area contributed by atoms with Crippen LogP contribution in [0.25, 0.3) is 0 Å². The van der Waals surface area contributed by atoms with Gasteiger partial charge >= 0.3 is 0 Å². The van der Waals surface area contributed by atoms with Crippen molar-refractivity contribution in [1.82, 2.24) is 9.97 Å². The Hall–Kier alpha value is -1.26. The smallest absolute Gasteiger partial charge is 0.141 e. The van der Waals surface area contributed by atoms with Crippen molar-refractivity contribution in [2.24, 2.45) is 0 Å². The summed E-state index contributed by atoms with van der Waals surface area (Å²) in [5.74, 6) is 2.86. The summed E-state index contributed by atoms with van der Waals surface area (Å²) in [6, 6.07) is 7.84. The van der Waals surface area contributed by atoms with Gasteiger partial charge in [-0.15, -0.1) is 11.8 Å². The fourth-order valence-electron chi connectivity index (χ4n) is 2.29. The molecule has 1 aromatic heterocycles. The molecule has 112 valence electrons. The number of thioether (sulfide) groups is 1. The van der Waals surface area contributed by atoms with Crippen LogP contribution in [-0.2, 0) is 5.75 Å². The SMILES string of the molecule is CNc1nc(CSc2ccccc2Cl)nc(C)c1C(C)C. The normalized spacial score (nSPS) is 11.0. The van der Waals surface area contributed by atoms with Crippen molar-refractivity contribution in [2.45, 2.75) is 37.3 Å². The molecule has 0 radical (unpaired) electrons. The van der Waals surface area contributed by atoms with E-state index in [1.807, 2.05) is 38.2 Å². The number of nitrogens with one attached hydrogen (secondary N) is 1. The second-order valence-corrected chi connectivity index (χ2v) is 6.54. The molecule has 0 amide bonds. The summed E-state index contributed by atoms with van der Waals surface area (Å²) in [4.78, 5) is 10.3. The van der Waals surface area contributed by atoms with Crippen molar-refractivity contribution in [1.29, 1.82) is 0 Å². The summed E-state index contributed by atoms with van der Waals surface area (Å²) in [7, 11) is 1.90. The highest BCUT2D eigenvalue weighted by Crippen LogP contribution is 2.30. The summed E-state index contributed by atoms with van der Waals surface area (Å²) in [5.41, 5.74) is 2.23. The predicted octanol–water partition coefficient (Wildman–Crippen LogP) is 4.90. The highest BCUT2D eigenvalue weighted by atomic mass is 35.5. The number of rotatable bonds is 5. The Balaban J connectivity index is 2.22. The Morgan fingerprint density at radius 2 is 1.95 bits per heavy atom. The van der Waals surface area contributed by atoms with Gasteiger partial charge in [0.05, 0.1) is 10.8 Å². The maximum atomic E-state index is 6.17. The van der Waals surface area contributed by atoms with Crippen molar-refractivity contribution in [2.75, 3.05) is 12.4 Å². The van der Waals surface area contributed by atoms with E-state index in [4.69, 9.17) is 11.6 Å². The molecule has 1 aromatic carbocycles. The molecule has 21 heavy (non-hydrogen) atoms. The van der Waals surface area contributed by atoms with Crippen molar-refractivity contribution in [3.63, 3.8) is 0 Å². The van der Waals surface area contributed by atoms with E-state index in [0.29, 0.717) is 11.7 Å². The molecule has 0 unspecified atom stereocenters. The molecule has 3 nitrogen and oxygen atoms in total. The van der Waals surface area contributed by atoms with Crippen LogP contribution >= 0.6 is 23.4 Å². The first-order chi connectivity index (χ1) is 10.0. The molecule has 2 aromatic rings. The van der Waals surface area contributed by atoms with Crippen molar-refractivity contribution >= 4 is 29.2 Å². The van der Waals surface area contributed by atoms with Gasteiger partial charge in [0.1, 0.15) is 11.6 Å². The average Bonchev–Trinajstić information content (AvgIpc) is 2.45. The van der Waals surface area contributed by atoms with E-state index in [1.54, 1.807) is 11.8 Å². The fraction of sp³-hybridized carbons (Fsp3) is 0.375. The van der Waals surface area contributed by atoms with Crippen LogP contribution in [0.5, 0.6) is 0 Å². The Labute approximate surface area is 135 Å². The monoisotopic (exact) mass is 321 g/mol. The number of nitrogens with zero attached hydrogens (tertiary/aromatic N) is 2. The van der Waals surface area contributed by atoms with Gasteiger partial charge in [0, 0.05) is 23.2 Å². The van der Waals surface area contributed by atoms with Gasteiger partial charge in [-0.25, -0.2) is 9.97 Å². The molecule has 2 rings (SSSR count). The van der Waals surface area contributed by atoms with Gasteiger partial charge in [0.2, 0.25) is 0 Å². The Morgan fingerprint density at radius 3 is 2.57 bits per heavy atom. The molecule has 0 spiro atoms. The number of benzene rings is 1. The number of aryl methyl sites for hydroxylation is 1. The van der Waals surface area contributed by atoms with E-state index in [2.05, 4.69) is 29.1 Å². The molecule has 0 atom stereocenters. The van der Waals surface area contributed by atoms with Crippen LogP contribution in [0.1, 0.15) is 36.8 Å². The van der Waals surface area contributed by atoms with Crippen LogP contribution in [0, 0.1) is 6.92 Å². The van der Waals surface area contributed by atoms with Gasteiger partial charge in [-0.3, -0.25) is 0 Å². The summed E-state index contributed by atoms with van der Waals surface area (Å²) in [5, 5.41) is 3.95. The highest BCUT2D eigenvalue weighted by Gasteiger charge is 2.14. The zero-order chi connectivity index (χ0) is 15.4. The van der Waals surface area contributed by atoms with Crippen molar-refractivity contribution in [3.8, 4) is 0 Å². The predicted molar refractivity (Wildman–Crippen MR) is 91.4 cm³/mol. The van der Waals surface area contributed by atoms with Crippen LogP contribution < -0.4 is 5.32 Å². The first-order valence-electron chi connectivity index (χ1n) is 6.95. The van der Waals surface area contributed by atoms with E-state index in [1.165, 1.54) is 5.56 Å². The quantitative estimate of drug-likeness (QED) is 0.795. The van der Waals surface area contributed by atoms with Crippen LogP contribution in [0.4, 0.5) is 5.82 Å². The van der Waals surface area contributed by atoms with Gasteiger partial charge in [-0.05, 0) is 25.0 Å². The largest absolute Gasteiger partial charge is 0.373 e. The molecular weight excluding hydrogens is 302 g/mol. The molecule has 0 saturated carbocycles. The van der Waals surface area contributed by atoms with Gasteiger partial charge in [-0.1, -0.05) is 37.6 Å². The molecule has 0 saturated heterocycles. The van der Waals surface area contributed by atoms with Crippen molar-refractivity contribution in [3.05, 3.63) is 46.4 Å². The molecular formula is C16H20ClN3S. The minimum absolute atomic E-state index is 0.401. The first kappa shape index (κ1) is 16.1. The number of anilines is 1. The zero-order valence-corrected chi connectivity index (χ0v) is 14.3. The molecule has 5 heteroatoms. The third-order valence-corrected chi connectivity index (χ3v) is 4.70.